The summed E-state index contributed by atoms with van der Waals surface area (Å²) >= 11 is 0. The van der Waals surface area contributed by atoms with E-state index < -0.39 is 17.6 Å². The third-order valence-corrected chi connectivity index (χ3v) is 6.31. The van der Waals surface area contributed by atoms with Gasteiger partial charge in [0.25, 0.3) is 5.91 Å². The van der Waals surface area contributed by atoms with E-state index in [0.29, 0.717) is 38.9 Å². The summed E-state index contributed by atoms with van der Waals surface area (Å²) in [6.45, 7) is 1.19. The summed E-state index contributed by atoms with van der Waals surface area (Å²) in [5.41, 5.74) is -0.501. The number of piperidine rings is 1. The second kappa shape index (κ2) is 7.78. The minimum atomic E-state index is -4.58. The molecule has 0 aliphatic carbocycles. The van der Waals surface area contributed by atoms with Crippen LogP contribution >= 0.6 is 0 Å². The molecule has 0 unspecified atom stereocenters. The summed E-state index contributed by atoms with van der Waals surface area (Å²) in [5.74, 6) is -0.502. The first kappa shape index (κ1) is 20.4. The van der Waals surface area contributed by atoms with E-state index in [4.69, 9.17) is 0 Å². The zero-order valence-corrected chi connectivity index (χ0v) is 16.5. The summed E-state index contributed by atoms with van der Waals surface area (Å²) in [7, 11) is 0. The fourth-order valence-electron chi connectivity index (χ4n) is 4.63. The minimum absolute atomic E-state index is 0.0982. The lowest BCUT2D eigenvalue weighted by Crippen LogP contribution is -2.54. The second-order valence-corrected chi connectivity index (χ2v) is 8.03. The van der Waals surface area contributed by atoms with Crippen LogP contribution in [0, 0.1) is 0 Å². The van der Waals surface area contributed by atoms with Crippen molar-refractivity contribution in [3.63, 3.8) is 0 Å². The third-order valence-electron chi connectivity index (χ3n) is 6.31. The summed E-state index contributed by atoms with van der Waals surface area (Å²) in [5, 5.41) is 0. The first-order valence-corrected chi connectivity index (χ1v) is 10.1. The molecule has 0 N–H and O–H groups in total. The van der Waals surface area contributed by atoms with Gasteiger partial charge in [-0.3, -0.25) is 9.59 Å². The van der Waals surface area contributed by atoms with Gasteiger partial charge in [-0.15, -0.1) is 0 Å². The maximum atomic E-state index is 13.3. The number of alkyl halides is 3. The molecule has 0 aromatic heterocycles. The van der Waals surface area contributed by atoms with Crippen LogP contribution in [0.1, 0.15) is 47.2 Å². The average Bonchev–Trinajstić information content (AvgIpc) is 3.04. The Morgan fingerprint density at radius 3 is 2.23 bits per heavy atom. The van der Waals surface area contributed by atoms with Crippen LogP contribution in [0.2, 0.25) is 0 Å². The predicted molar refractivity (Wildman–Crippen MR) is 106 cm³/mol. The Bertz CT molecular complexity index is 935. The first-order chi connectivity index (χ1) is 14.3. The van der Waals surface area contributed by atoms with Crippen molar-refractivity contribution < 1.29 is 22.8 Å². The topological polar surface area (TPSA) is 40.6 Å². The summed E-state index contributed by atoms with van der Waals surface area (Å²) in [6.07, 6.45) is -2.23. The minimum Gasteiger partial charge on any atom is -0.338 e. The van der Waals surface area contributed by atoms with Crippen molar-refractivity contribution in [2.45, 2.75) is 43.9 Å². The van der Waals surface area contributed by atoms with E-state index in [1.165, 1.54) is 23.1 Å². The van der Waals surface area contributed by atoms with Gasteiger partial charge in [0.05, 0.1) is 11.1 Å². The van der Waals surface area contributed by atoms with E-state index in [1.807, 2.05) is 35.2 Å². The lowest BCUT2D eigenvalue weighted by atomic mass is 9.84. The highest BCUT2D eigenvalue weighted by Gasteiger charge is 2.47. The molecule has 2 aliphatic rings. The average molecular weight is 416 g/mol. The molecule has 2 saturated heterocycles. The maximum absolute atomic E-state index is 13.3. The van der Waals surface area contributed by atoms with Gasteiger partial charge in [0.15, 0.2) is 0 Å². The molecule has 4 rings (SSSR count). The van der Waals surface area contributed by atoms with Crippen LogP contribution in [0.4, 0.5) is 13.2 Å². The van der Waals surface area contributed by atoms with Crippen LogP contribution in [-0.2, 0) is 17.5 Å². The summed E-state index contributed by atoms with van der Waals surface area (Å²) in [4.78, 5) is 28.8. The Labute approximate surface area is 173 Å². The number of likely N-dealkylation sites (tertiary alicyclic amines) is 2. The Kier molecular flexibility index (Phi) is 5.30. The lowest BCUT2D eigenvalue weighted by molar-refractivity contribution is -0.138. The number of carbonyl (C=O) groups excluding carboxylic acids is 2. The monoisotopic (exact) mass is 416 g/mol. The number of hydrogen-bond donors (Lipinski definition) is 0. The van der Waals surface area contributed by atoms with Crippen LogP contribution < -0.4 is 0 Å². The number of rotatable bonds is 3. The molecule has 2 aromatic rings. The van der Waals surface area contributed by atoms with Crippen molar-refractivity contribution in [3.05, 3.63) is 71.3 Å². The quantitative estimate of drug-likeness (QED) is 0.739. The van der Waals surface area contributed by atoms with Gasteiger partial charge < -0.3 is 9.80 Å². The predicted octanol–water partition coefficient (Wildman–Crippen LogP) is 4.50. The van der Waals surface area contributed by atoms with Crippen molar-refractivity contribution in [1.29, 1.82) is 0 Å². The highest BCUT2D eigenvalue weighted by molar-refractivity contribution is 5.96. The highest BCUT2D eigenvalue weighted by atomic mass is 19.4. The van der Waals surface area contributed by atoms with Crippen molar-refractivity contribution in [2.75, 3.05) is 13.1 Å². The molecule has 158 valence electrons. The fourth-order valence-corrected chi connectivity index (χ4v) is 4.63. The van der Waals surface area contributed by atoms with E-state index in [9.17, 15) is 22.8 Å². The van der Waals surface area contributed by atoms with E-state index in [-0.39, 0.29) is 17.0 Å². The smallest absolute Gasteiger partial charge is 0.338 e. The Hall–Kier alpha value is -2.83. The molecule has 30 heavy (non-hydrogen) atoms. The van der Waals surface area contributed by atoms with Gasteiger partial charge in [0, 0.05) is 31.6 Å². The first-order valence-electron chi connectivity index (χ1n) is 10.1. The van der Waals surface area contributed by atoms with Crippen LogP contribution in [0.25, 0.3) is 0 Å². The molecule has 0 saturated carbocycles. The standard InChI is InChI=1S/C23H23F3N2O2/c24-23(25,26)19-9-5-4-8-18(19)21(30)27-14-12-22(13-15-27)11-10-20(29)28(22)16-17-6-2-1-3-7-17/h1-9H,10-16H2. The largest absolute Gasteiger partial charge is 0.417 e. The maximum Gasteiger partial charge on any atom is 0.417 e. The van der Waals surface area contributed by atoms with Gasteiger partial charge in [-0.1, -0.05) is 42.5 Å². The number of carbonyl (C=O) groups is 2. The van der Waals surface area contributed by atoms with E-state index >= 15 is 0 Å². The van der Waals surface area contributed by atoms with Gasteiger partial charge >= 0.3 is 6.18 Å². The molecule has 2 fully saturated rings. The molecule has 2 aliphatic heterocycles. The highest BCUT2D eigenvalue weighted by Crippen LogP contribution is 2.41. The Morgan fingerprint density at radius 1 is 0.933 bits per heavy atom. The van der Waals surface area contributed by atoms with Crippen LogP contribution in [-0.4, -0.2) is 40.2 Å². The second-order valence-electron chi connectivity index (χ2n) is 8.03. The number of benzene rings is 2. The van der Waals surface area contributed by atoms with Crippen molar-refractivity contribution in [3.8, 4) is 0 Å². The van der Waals surface area contributed by atoms with Crippen LogP contribution in [0.15, 0.2) is 54.6 Å². The van der Waals surface area contributed by atoms with Gasteiger partial charge in [-0.2, -0.15) is 13.2 Å². The van der Waals surface area contributed by atoms with Crippen molar-refractivity contribution in [1.82, 2.24) is 9.80 Å². The van der Waals surface area contributed by atoms with Gasteiger partial charge in [0.1, 0.15) is 0 Å². The summed E-state index contributed by atoms with van der Waals surface area (Å²) in [6, 6.07) is 14.7. The van der Waals surface area contributed by atoms with E-state index in [2.05, 4.69) is 0 Å². The zero-order valence-electron chi connectivity index (χ0n) is 16.5. The molecular formula is C23H23F3N2O2. The molecular weight excluding hydrogens is 393 g/mol. The molecule has 0 bridgehead atoms. The number of amides is 2. The van der Waals surface area contributed by atoms with Crippen LogP contribution in [0.3, 0.4) is 0 Å². The molecule has 7 heteroatoms. The van der Waals surface area contributed by atoms with Gasteiger partial charge in [-0.25, -0.2) is 0 Å². The molecule has 2 amide bonds. The SMILES string of the molecule is O=C(c1ccccc1C(F)(F)F)N1CCC2(CCC(=O)N2Cc2ccccc2)CC1. The molecule has 2 aromatic carbocycles. The molecule has 2 heterocycles. The number of halogens is 3. The molecule has 0 radical (unpaired) electrons. The lowest BCUT2D eigenvalue weighted by Gasteiger charge is -2.45. The fraction of sp³-hybridized carbons (Fsp3) is 0.391. The Morgan fingerprint density at radius 2 is 1.57 bits per heavy atom. The third kappa shape index (κ3) is 3.80. The number of hydrogen-bond acceptors (Lipinski definition) is 2. The Balaban J connectivity index is 1.49. The normalized spacial score (nSPS) is 18.8. The van der Waals surface area contributed by atoms with E-state index in [1.54, 1.807) is 0 Å². The molecule has 4 nitrogen and oxygen atoms in total. The van der Waals surface area contributed by atoms with Crippen LogP contribution in [0.5, 0.6) is 0 Å². The summed E-state index contributed by atoms with van der Waals surface area (Å²) < 4.78 is 39.9. The molecule has 0 atom stereocenters. The van der Waals surface area contributed by atoms with E-state index in [0.717, 1.165) is 18.1 Å². The molecule has 1 spiro atoms. The van der Waals surface area contributed by atoms with Crippen molar-refractivity contribution >= 4 is 11.8 Å². The van der Waals surface area contributed by atoms with Gasteiger partial charge in [0.2, 0.25) is 5.91 Å². The zero-order chi connectivity index (χ0) is 21.4. The van der Waals surface area contributed by atoms with Crippen molar-refractivity contribution in [2.24, 2.45) is 0 Å². The van der Waals surface area contributed by atoms with Gasteiger partial charge in [-0.05, 0) is 37.0 Å². The number of nitrogens with zero attached hydrogens (tertiary/aromatic N) is 2.